The summed E-state index contributed by atoms with van der Waals surface area (Å²) in [6.07, 6.45) is -18.8. The highest BCUT2D eigenvalue weighted by Gasteiger charge is 2.43. The molecule has 0 aromatic carbocycles. The Kier molecular flexibility index (Phi) is 19.8. The van der Waals surface area contributed by atoms with Crippen LogP contribution in [0.4, 0.5) is 0 Å². The Morgan fingerprint density at radius 3 is 1.46 bits per heavy atom. The number of amides is 3. The molecule has 0 aromatic heterocycles. The summed E-state index contributed by atoms with van der Waals surface area (Å²) in [6.45, 7) is 2.15. The molecular weight excluding hydrogens is 756 g/mol. The monoisotopic (exact) mass is 814 g/mol. The van der Waals surface area contributed by atoms with E-state index in [1.54, 1.807) is 0 Å². The maximum Gasteiger partial charge on any atom is 0.234 e. The van der Waals surface area contributed by atoms with E-state index < -0.39 is 129 Å². The van der Waals surface area contributed by atoms with Crippen LogP contribution in [0.1, 0.15) is 33.6 Å². The summed E-state index contributed by atoms with van der Waals surface area (Å²) >= 11 is 0. The van der Waals surface area contributed by atoms with Crippen LogP contribution in [-0.4, -0.2) is 226 Å². The van der Waals surface area contributed by atoms with Gasteiger partial charge in [0.15, 0.2) is 18.9 Å². The van der Waals surface area contributed by atoms with Gasteiger partial charge in [0, 0.05) is 26.1 Å². The standard InChI is InChI=1S/C33H58N4O19/c1-15(38)18(4-5-20(40)34-6-10-52-32-29(49)26(46)23(43)16(2)55-32)37(12-21(41)35-7-9-51-31-28(48)25(45)19(39)14-54-31)13-22(42)36-8-11-53-33-30(50)27(47)24(44)17(3)56-33/h16-19,23-33,39,43-50H,4-14H2,1-3H3,(H,34,40)(H,35,41)(H,36,42)/t16-,17-,18?,19+,23+,24+,25+,26+,27+,28-,29-,30-,31+,32+,33+/m0/s1. The van der Waals surface area contributed by atoms with Crippen LogP contribution in [0.3, 0.4) is 0 Å². The minimum Gasteiger partial charge on any atom is -0.388 e. The van der Waals surface area contributed by atoms with Gasteiger partial charge < -0.3 is 90.3 Å². The van der Waals surface area contributed by atoms with Crippen LogP contribution >= 0.6 is 0 Å². The molecule has 3 fully saturated rings. The van der Waals surface area contributed by atoms with Gasteiger partial charge >= 0.3 is 0 Å². The van der Waals surface area contributed by atoms with E-state index in [4.69, 9.17) is 28.4 Å². The van der Waals surface area contributed by atoms with Crippen molar-refractivity contribution < 1.29 is 93.6 Å². The number of carbonyl (C=O) groups is 4. The SMILES string of the molecule is CC(=O)C(CCC(=O)NCCO[C@@H]1O[C@@H](C)[C@@H](O)[C@@H](O)[C@@H]1O)N(CC(=O)NCCO[C@@H]1O[C@@H](C)[C@@H](O)[C@@H](O)[C@@H]1O)CC(=O)NCCO[C@@H]1OC[C@@H](O)[C@@H](O)[C@@H]1O. The average molecular weight is 815 g/mol. The summed E-state index contributed by atoms with van der Waals surface area (Å²) in [7, 11) is 0. The fourth-order valence-electron chi connectivity index (χ4n) is 6.08. The minimum atomic E-state index is -1.55. The summed E-state index contributed by atoms with van der Waals surface area (Å²) in [6, 6.07) is -1.10. The summed E-state index contributed by atoms with van der Waals surface area (Å²) < 4.78 is 32.0. The Balaban J connectivity index is 1.52. The molecule has 0 aliphatic carbocycles. The van der Waals surface area contributed by atoms with Crippen molar-refractivity contribution in [2.75, 3.05) is 59.2 Å². The molecule has 0 saturated carbocycles. The van der Waals surface area contributed by atoms with Gasteiger partial charge in [-0.25, -0.2) is 0 Å². The Hall–Kier alpha value is -2.56. The first-order valence-corrected chi connectivity index (χ1v) is 18.4. The second-order valence-electron chi connectivity index (χ2n) is 13.8. The molecular formula is C33H58N4O19. The Morgan fingerprint density at radius 2 is 1.02 bits per heavy atom. The molecule has 0 bridgehead atoms. The van der Waals surface area contributed by atoms with Crippen LogP contribution in [-0.2, 0) is 47.6 Å². The first kappa shape index (κ1) is 47.8. The Morgan fingerprint density at radius 1 is 0.607 bits per heavy atom. The molecule has 56 heavy (non-hydrogen) atoms. The highest BCUT2D eigenvalue weighted by atomic mass is 16.7. The van der Waals surface area contributed by atoms with Crippen molar-refractivity contribution in [2.24, 2.45) is 0 Å². The highest BCUT2D eigenvalue weighted by Crippen LogP contribution is 2.23. The van der Waals surface area contributed by atoms with Gasteiger partial charge in [0.1, 0.15) is 60.7 Å². The zero-order chi connectivity index (χ0) is 41.7. The second kappa shape index (κ2) is 23.1. The van der Waals surface area contributed by atoms with Crippen molar-refractivity contribution in [3.63, 3.8) is 0 Å². The number of nitrogens with zero attached hydrogens (tertiary/aromatic N) is 1. The predicted molar refractivity (Wildman–Crippen MR) is 185 cm³/mol. The van der Waals surface area contributed by atoms with Gasteiger partial charge in [-0.15, -0.1) is 0 Å². The van der Waals surface area contributed by atoms with Crippen LogP contribution in [0.5, 0.6) is 0 Å². The van der Waals surface area contributed by atoms with Crippen molar-refractivity contribution in [2.45, 2.75) is 126 Å². The molecule has 15 atom stereocenters. The number of hydrogen-bond donors (Lipinski definition) is 12. The molecule has 23 heteroatoms. The molecule has 3 heterocycles. The molecule has 3 aliphatic heterocycles. The van der Waals surface area contributed by atoms with Crippen LogP contribution < -0.4 is 16.0 Å². The van der Waals surface area contributed by atoms with E-state index in [1.807, 2.05) is 0 Å². The van der Waals surface area contributed by atoms with Crippen molar-refractivity contribution >= 4 is 23.5 Å². The van der Waals surface area contributed by atoms with E-state index in [-0.39, 0.29) is 58.9 Å². The fraction of sp³-hybridized carbons (Fsp3) is 0.879. The average Bonchev–Trinajstić information content (AvgIpc) is 3.15. The fourth-order valence-corrected chi connectivity index (χ4v) is 6.08. The number of ether oxygens (including phenoxy) is 6. The maximum atomic E-state index is 13.0. The topological polar surface area (TPSA) is 345 Å². The number of carbonyl (C=O) groups excluding carboxylic acids is 4. The van der Waals surface area contributed by atoms with E-state index >= 15 is 0 Å². The lowest BCUT2D eigenvalue weighted by Crippen LogP contribution is -2.57. The van der Waals surface area contributed by atoms with E-state index in [9.17, 15) is 65.1 Å². The zero-order valence-corrected chi connectivity index (χ0v) is 31.5. The molecule has 0 aromatic rings. The lowest BCUT2D eigenvalue weighted by Gasteiger charge is -2.38. The van der Waals surface area contributed by atoms with E-state index in [1.165, 1.54) is 25.7 Å². The highest BCUT2D eigenvalue weighted by molar-refractivity contribution is 5.86. The normalized spacial score (nSPS) is 35.4. The number of hydrogen-bond acceptors (Lipinski definition) is 20. The number of rotatable bonds is 21. The number of nitrogens with one attached hydrogen (secondary N) is 3. The third kappa shape index (κ3) is 14.1. The molecule has 23 nitrogen and oxygen atoms in total. The number of ketones is 1. The molecule has 3 amide bonds. The largest absolute Gasteiger partial charge is 0.388 e. The van der Waals surface area contributed by atoms with Gasteiger partial charge in [0.05, 0.1) is 57.8 Å². The van der Waals surface area contributed by atoms with E-state index in [2.05, 4.69) is 16.0 Å². The lowest BCUT2D eigenvalue weighted by molar-refractivity contribution is -0.292. The molecule has 3 saturated heterocycles. The summed E-state index contributed by atoms with van der Waals surface area (Å²) in [5, 5.41) is 96.9. The predicted octanol–water partition coefficient (Wildman–Crippen LogP) is -7.48. The summed E-state index contributed by atoms with van der Waals surface area (Å²) in [4.78, 5) is 52.8. The van der Waals surface area contributed by atoms with E-state index in [0.717, 1.165) is 0 Å². The van der Waals surface area contributed by atoms with E-state index in [0.29, 0.717) is 0 Å². The third-order valence-corrected chi connectivity index (χ3v) is 9.44. The zero-order valence-electron chi connectivity index (χ0n) is 31.5. The minimum absolute atomic E-state index is 0.0499. The van der Waals surface area contributed by atoms with Crippen molar-refractivity contribution in [3.05, 3.63) is 0 Å². The summed E-state index contributed by atoms with van der Waals surface area (Å²) in [5.74, 6) is -2.26. The van der Waals surface area contributed by atoms with Crippen LogP contribution in [0, 0.1) is 0 Å². The van der Waals surface area contributed by atoms with Gasteiger partial charge in [0.2, 0.25) is 17.7 Å². The molecule has 12 N–H and O–H groups in total. The number of aliphatic hydroxyl groups is 9. The van der Waals surface area contributed by atoms with Gasteiger partial charge in [-0.05, 0) is 27.2 Å². The number of Topliss-reactive ketones (excluding diaryl/α,β-unsaturated/α-hetero) is 1. The smallest absolute Gasteiger partial charge is 0.234 e. The number of aliphatic hydroxyl groups excluding tert-OH is 9. The first-order valence-electron chi connectivity index (χ1n) is 18.4. The first-order chi connectivity index (χ1) is 26.4. The summed E-state index contributed by atoms with van der Waals surface area (Å²) in [5.41, 5.74) is 0. The second-order valence-corrected chi connectivity index (χ2v) is 13.8. The lowest BCUT2D eigenvalue weighted by atomic mass is 10.0. The molecule has 1 unspecified atom stereocenters. The van der Waals surface area contributed by atoms with Gasteiger partial charge in [-0.1, -0.05) is 0 Å². The Bertz CT molecular complexity index is 1250. The molecule has 0 radical (unpaired) electrons. The third-order valence-electron chi connectivity index (χ3n) is 9.44. The molecule has 0 spiro atoms. The van der Waals surface area contributed by atoms with Crippen LogP contribution in [0.15, 0.2) is 0 Å². The van der Waals surface area contributed by atoms with Gasteiger partial charge in [-0.3, -0.25) is 24.1 Å². The molecule has 324 valence electrons. The van der Waals surface area contributed by atoms with Crippen LogP contribution in [0.2, 0.25) is 0 Å². The van der Waals surface area contributed by atoms with Gasteiger partial charge in [0.25, 0.3) is 0 Å². The molecule has 3 rings (SSSR count). The Labute approximate surface area is 322 Å². The quantitative estimate of drug-likeness (QED) is 0.0479. The maximum absolute atomic E-state index is 13.0. The molecule has 3 aliphatic rings. The van der Waals surface area contributed by atoms with Crippen molar-refractivity contribution in [1.82, 2.24) is 20.9 Å². The van der Waals surface area contributed by atoms with Gasteiger partial charge in [-0.2, -0.15) is 0 Å². The van der Waals surface area contributed by atoms with Crippen molar-refractivity contribution in [3.8, 4) is 0 Å². The van der Waals surface area contributed by atoms with Crippen molar-refractivity contribution in [1.29, 1.82) is 0 Å². The van der Waals surface area contributed by atoms with Crippen LogP contribution in [0.25, 0.3) is 0 Å².